The van der Waals surface area contributed by atoms with E-state index in [1.165, 1.54) is 4.88 Å². The van der Waals surface area contributed by atoms with Gasteiger partial charge in [-0.15, -0.1) is 11.3 Å². The van der Waals surface area contributed by atoms with Crippen LogP contribution in [0.1, 0.15) is 24.3 Å². The molecule has 1 aromatic carbocycles. The molecule has 2 rings (SSSR count). The molecular formula is C21H31N3O3S. The summed E-state index contributed by atoms with van der Waals surface area (Å²) in [6, 6.07) is 8.00. The SMILES string of the molecule is CN=C(NCCc1c(OC)cc(OC)cc1OC)NCC(C)(C)c1cccs1. The van der Waals surface area contributed by atoms with Gasteiger partial charge in [-0.25, -0.2) is 0 Å². The lowest BCUT2D eigenvalue weighted by atomic mass is 9.91. The summed E-state index contributed by atoms with van der Waals surface area (Å²) in [5, 5.41) is 8.90. The Balaban J connectivity index is 1.96. The highest BCUT2D eigenvalue weighted by Gasteiger charge is 2.22. The van der Waals surface area contributed by atoms with Crippen LogP contribution in [0.4, 0.5) is 0 Å². The largest absolute Gasteiger partial charge is 0.496 e. The first-order valence-corrected chi connectivity index (χ1v) is 10.1. The van der Waals surface area contributed by atoms with Crippen molar-refractivity contribution in [3.8, 4) is 17.2 Å². The lowest BCUT2D eigenvalue weighted by Gasteiger charge is -2.25. The van der Waals surface area contributed by atoms with Gasteiger partial charge < -0.3 is 24.8 Å². The Kier molecular flexibility index (Phi) is 7.99. The first kappa shape index (κ1) is 21.9. The summed E-state index contributed by atoms with van der Waals surface area (Å²) in [5.74, 6) is 2.98. The monoisotopic (exact) mass is 405 g/mol. The molecule has 0 radical (unpaired) electrons. The molecule has 0 aliphatic rings. The number of hydrogen-bond acceptors (Lipinski definition) is 5. The maximum absolute atomic E-state index is 5.52. The predicted molar refractivity (Wildman–Crippen MR) is 117 cm³/mol. The quantitative estimate of drug-likeness (QED) is 0.494. The molecule has 0 bridgehead atoms. The molecule has 0 fully saturated rings. The van der Waals surface area contributed by atoms with Gasteiger partial charge in [0.25, 0.3) is 0 Å². The molecule has 0 spiro atoms. The molecule has 154 valence electrons. The fourth-order valence-electron chi connectivity index (χ4n) is 2.91. The molecule has 7 heteroatoms. The van der Waals surface area contributed by atoms with E-state index < -0.39 is 0 Å². The molecule has 0 aliphatic heterocycles. The van der Waals surface area contributed by atoms with Gasteiger partial charge in [0.15, 0.2) is 5.96 Å². The number of guanidine groups is 1. The molecule has 1 aromatic heterocycles. The van der Waals surface area contributed by atoms with Crippen LogP contribution in [0.3, 0.4) is 0 Å². The summed E-state index contributed by atoms with van der Waals surface area (Å²) in [4.78, 5) is 5.68. The van der Waals surface area contributed by atoms with E-state index in [1.807, 2.05) is 12.1 Å². The van der Waals surface area contributed by atoms with Gasteiger partial charge in [-0.1, -0.05) is 19.9 Å². The lowest BCUT2D eigenvalue weighted by Crippen LogP contribution is -2.43. The molecule has 0 saturated carbocycles. The highest BCUT2D eigenvalue weighted by atomic mass is 32.1. The maximum atomic E-state index is 5.52. The van der Waals surface area contributed by atoms with E-state index in [1.54, 1.807) is 39.7 Å². The molecule has 0 aliphatic carbocycles. The lowest BCUT2D eigenvalue weighted by molar-refractivity contribution is 0.368. The van der Waals surface area contributed by atoms with E-state index in [0.717, 1.165) is 36.0 Å². The van der Waals surface area contributed by atoms with Crippen LogP contribution < -0.4 is 24.8 Å². The van der Waals surface area contributed by atoms with Crippen LogP contribution in [0.15, 0.2) is 34.6 Å². The molecule has 0 amide bonds. The van der Waals surface area contributed by atoms with Gasteiger partial charge in [-0.3, -0.25) is 4.99 Å². The Morgan fingerprint density at radius 3 is 2.25 bits per heavy atom. The molecular weight excluding hydrogens is 374 g/mol. The number of nitrogens with one attached hydrogen (secondary N) is 2. The highest BCUT2D eigenvalue weighted by molar-refractivity contribution is 7.10. The Morgan fingerprint density at radius 1 is 1.07 bits per heavy atom. The summed E-state index contributed by atoms with van der Waals surface area (Å²) >= 11 is 1.78. The van der Waals surface area contributed by atoms with Crippen LogP contribution >= 0.6 is 11.3 Å². The van der Waals surface area contributed by atoms with Crippen LogP contribution in [-0.4, -0.2) is 47.4 Å². The number of aliphatic imine (C=N–C) groups is 1. The van der Waals surface area contributed by atoms with Crippen LogP contribution in [-0.2, 0) is 11.8 Å². The number of thiophene rings is 1. The van der Waals surface area contributed by atoms with Crippen molar-refractivity contribution in [3.05, 3.63) is 40.1 Å². The number of ether oxygens (including phenoxy) is 3. The predicted octanol–water partition coefficient (Wildman–Crippen LogP) is 3.46. The maximum Gasteiger partial charge on any atom is 0.191 e. The Hall–Kier alpha value is -2.41. The average molecular weight is 406 g/mol. The van der Waals surface area contributed by atoms with Gasteiger partial charge in [0, 0.05) is 48.1 Å². The second kappa shape index (κ2) is 10.2. The van der Waals surface area contributed by atoms with Crippen LogP contribution in [0, 0.1) is 0 Å². The van der Waals surface area contributed by atoms with Crippen molar-refractivity contribution < 1.29 is 14.2 Å². The molecule has 0 unspecified atom stereocenters. The Bertz CT molecular complexity index is 748. The van der Waals surface area contributed by atoms with Gasteiger partial charge in [0.2, 0.25) is 0 Å². The summed E-state index contributed by atoms with van der Waals surface area (Å²) < 4.78 is 16.3. The van der Waals surface area contributed by atoms with E-state index in [9.17, 15) is 0 Å². The van der Waals surface area contributed by atoms with Crippen molar-refractivity contribution in [3.63, 3.8) is 0 Å². The van der Waals surface area contributed by atoms with Crippen LogP contribution in [0.25, 0.3) is 0 Å². The minimum absolute atomic E-state index is 0.0359. The van der Waals surface area contributed by atoms with Crippen molar-refractivity contribution in [2.45, 2.75) is 25.7 Å². The summed E-state index contributed by atoms with van der Waals surface area (Å²) in [7, 11) is 6.71. The van der Waals surface area contributed by atoms with Gasteiger partial charge in [0.05, 0.1) is 21.3 Å². The van der Waals surface area contributed by atoms with E-state index >= 15 is 0 Å². The molecule has 28 heavy (non-hydrogen) atoms. The standard InChI is InChI=1S/C21H31N3O3S/c1-21(2,19-8-7-11-28-19)14-24-20(22-3)23-10-9-16-17(26-5)12-15(25-4)13-18(16)27-6/h7-8,11-13H,9-10,14H2,1-6H3,(H2,22,23,24). The third-order valence-corrected chi connectivity index (χ3v) is 5.83. The normalized spacial score (nSPS) is 11.9. The number of benzene rings is 1. The summed E-state index contributed by atoms with van der Waals surface area (Å²) in [5.41, 5.74) is 1.03. The Morgan fingerprint density at radius 2 is 1.75 bits per heavy atom. The highest BCUT2D eigenvalue weighted by Crippen LogP contribution is 2.34. The van der Waals surface area contributed by atoms with Crippen LogP contribution in [0.2, 0.25) is 0 Å². The van der Waals surface area contributed by atoms with Crippen LogP contribution in [0.5, 0.6) is 17.2 Å². The fraction of sp³-hybridized carbons (Fsp3) is 0.476. The van der Waals surface area contributed by atoms with E-state index in [-0.39, 0.29) is 5.41 Å². The van der Waals surface area contributed by atoms with Crippen molar-refractivity contribution in [2.75, 3.05) is 41.5 Å². The number of hydrogen-bond donors (Lipinski definition) is 2. The molecule has 2 N–H and O–H groups in total. The zero-order chi connectivity index (χ0) is 20.6. The second-order valence-corrected chi connectivity index (χ2v) is 7.92. The third kappa shape index (κ3) is 5.55. The van der Waals surface area contributed by atoms with Gasteiger partial charge >= 0.3 is 0 Å². The van der Waals surface area contributed by atoms with Crippen molar-refractivity contribution >= 4 is 17.3 Å². The van der Waals surface area contributed by atoms with Crippen molar-refractivity contribution in [1.82, 2.24) is 10.6 Å². The summed E-state index contributed by atoms with van der Waals surface area (Å²) in [6.07, 6.45) is 0.728. The van der Waals surface area contributed by atoms with Crippen molar-refractivity contribution in [1.29, 1.82) is 0 Å². The Labute approximate surface area is 171 Å². The molecule has 0 saturated heterocycles. The zero-order valence-corrected chi connectivity index (χ0v) is 18.4. The number of methoxy groups -OCH3 is 3. The molecule has 0 atom stereocenters. The van der Waals surface area contributed by atoms with E-state index in [2.05, 4.69) is 47.0 Å². The van der Waals surface area contributed by atoms with E-state index in [4.69, 9.17) is 14.2 Å². The molecule has 1 heterocycles. The summed E-state index contributed by atoms with van der Waals surface area (Å²) in [6.45, 7) is 5.94. The molecule has 6 nitrogen and oxygen atoms in total. The first-order chi connectivity index (χ1) is 13.4. The average Bonchev–Trinajstić information content (AvgIpc) is 3.26. The fourth-order valence-corrected chi connectivity index (χ4v) is 3.76. The minimum atomic E-state index is 0.0359. The van der Waals surface area contributed by atoms with Gasteiger partial charge in [0.1, 0.15) is 17.2 Å². The van der Waals surface area contributed by atoms with Gasteiger partial charge in [-0.05, 0) is 17.9 Å². The number of nitrogens with zero attached hydrogens (tertiary/aromatic N) is 1. The van der Waals surface area contributed by atoms with Crippen molar-refractivity contribution in [2.24, 2.45) is 4.99 Å². The second-order valence-electron chi connectivity index (χ2n) is 6.97. The topological polar surface area (TPSA) is 64.1 Å². The number of rotatable bonds is 9. The first-order valence-electron chi connectivity index (χ1n) is 9.22. The molecule has 2 aromatic rings. The van der Waals surface area contributed by atoms with Gasteiger partial charge in [-0.2, -0.15) is 0 Å². The van der Waals surface area contributed by atoms with E-state index in [0.29, 0.717) is 12.3 Å². The zero-order valence-electron chi connectivity index (χ0n) is 17.6. The third-order valence-electron chi connectivity index (χ3n) is 4.59. The smallest absolute Gasteiger partial charge is 0.191 e. The minimum Gasteiger partial charge on any atom is -0.496 e.